The second-order valence-electron chi connectivity index (χ2n) is 8.46. The lowest BCUT2D eigenvalue weighted by atomic mass is 9.70. The van der Waals surface area contributed by atoms with E-state index in [-0.39, 0.29) is 12.8 Å². The Labute approximate surface area is 173 Å². The maximum Gasteiger partial charge on any atom is 0.278 e. The molecule has 0 amide bonds. The molecule has 0 heterocycles. The number of hydrogen-bond acceptors (Lipinski definition) is 3. The Hall–Kier alpha value is -1.25. The first kappa shape index (κ1) is 25.0. The summed E-state index contributed by atoms with van der Waals surface area (Å²) in [6.45, 7) is 2.09. The van der Waals surface area contributed by atoms with Gasteiger partial charge < -0.3 is 15.3 Å². The Morgan fingerprint density at radius 3 is 1.90 bits per heavy atom. The smallest absolute Gasteiger partial charge is 0.278 e. The molecule has 3 atom stereocenters. The zero-order valence-electron chi connectivity index (χ0n) is 17.2. The highest BCUT2D eigenvalue weighted by atomic mass is 19.2. The number of benzene rings is 1. The highest BCUT2D eigenvalue weighted by molar-refractivity contribution is 5.28. The first-order valence-electron chi connectivity index (χ1n) is 10.8. The number of rotatable bonds is 10. The first-order chi connectivity index (χ1) is 14.1. The molecule has 1 aliphatic rings. The van der Waals surface area contributed by atoms with Gasteiger partial charge in [0.1, 0.15) is 0 Å². The summed E-state index contributed by atoms with van der Waals surface area (Å²) in [6.07, 6.45) is 7.13. The lowest BCUT2D eigenvalue weighted by Crippen LogP contribution is -2.43. The summed E-state index contributed by atoms with van der Waals surface area (Å²) in [6, 6.07) is 0. The molecule has 3 nitrogen and oxygen atoms in total. The van der Waals surface area contributed by atoms with E-state index in [1.165, 1.54) is 0 Å². The van der Waals surface area contributed by atoms with Crippen LogP contribution in [0.4, 0.5) is 22.0 Å². The minimum absolute atomic E-state index is 0.00227. The minimum Gasteiger partial charge on any atom is -0.343 e. The van der Waals surface area contributed by atoms with Crippen molar-refractivity contribution < 1.29 is 37.3 Å². The summed E-state index contributed by atoms with van der Waals surface area (Å²) < 4.78 is 69.0. The zero-order valence-corrected chi connectivity index (χ0v) is 17.2. The Morgan fingerprint density at radius 1 is 0.800 bits per heavy atom. The van der Waals surface area contributed by atoms with Gasteiger partial charge in [0.25, 0.3) is 5.97 Å². The van der Waals surface area contributed by atoms with E-state index in [1.54, 1.807) is 0 Å². The fraction of sp³-hybridized carbons (Fsp3) is 0.727. The molecule has 2 rings (SSSR count). The predicted octanol–water partition coefficient (Wildman–Crippen LogP) is 5.65. The third-order valence-electron chi connectivity index (χ3n) is 6.30. The molecule has 1 fully saturated rings. The molecule has 0 aromatic heterocycles. The molecule has 0 saturated heterocycles. The Morgan fingerprint density at radius 2 is 1.33 bits per heavy atom. The average molecular weight is 438 g/mol. The van der Waals surface area contributed by atoms with E-state index in [2.05, 4.69) is 6.92 Å². The quantitative estimate of drug-likeness (QED) is 0.145. The van der Waals surface area contributed by atoms with Gasteiger partial charge in [-0.25, -0.2) is 22.0 Å². The van der Waals surface area contributed by atoms with Crippen molar-refractivity contribution in [2.75, 3.05) is 0 Å². The summed E-state index contributed by atoms with van der Waals surface area (Å²) in [5, 5.41) is 29.6. The molecule has 1 saturated carbocycles. The number of unbranched alkanes of at least 4 members (excludes halogenated alkanes) is 5. The summed E-state index contributed by atoms with van der Waals surface area (Å²) in [4.78, 5) is 0. The molecule has 3 N–H and O–H groups in total. The molecule has 1 aliphatic carbocycles. The van der Waals surface area contributed by atoms with Crippen LogP contribution in [-0.4, -0.2) is 21.3 Å². The van der Waals surface area contributed by atoms with Gasteiger partial charge in [-0.05, 0) is 37.5 Å². The molecule has 1 aromatic rings. The SMILES string of the molecule is CCCCCCCCC(C1CCCC(c2c(F)c(F)c(F)c(F)c2F)C1)C(O)(O)O. The van der Waals surface area contributed by atoms with Crippen molar-refractivity contribution in [2.24, 2.45) is 11.8 Å². The zero-order chi connectivity index (χ0) is 22.5. The van der Waals surface area contributed by atoms with Crippen LogP contribution in [0.1, 0.15) is 89.0 Å². The van der Waals surface area contributed by atoms with Crippen LogP contribution < -0.4 is 0 Å². The topological polar surface area (TPSA) is 60.7 Å². The van der Waals surface area contributed by atoms with Crippen LogP contribution in [0.2, 0.25) is 0 Å². The van der Waals surface area contributed by atoms with E-state index in [9.17, 15) is 37.3 Å². The Bertz CT molecular complexity index is 676. The van der Waals surface area contributed by atoms with Gasteiger partial charge in [0.05, 0.1) is 0 Å². The van der Waals surface area contributed by atoms with Crippen LogP contribution in [-0.2, 0) is 0 Å². The van der Waals surface area contributed by atoms with Gasteiger partial charge in [-0.1, -0.05) is 51.9 Å². The van der Waals surface area contributed by atoms with Crippen LogP contribution in [0.25, 0.3) is 0 Å². The first-order valence-corrected chi connectivity index (χ1v) is 10.8. The highest BCUT2D eigenvalue weighted by Gasteiger charge is 2.42. The highest BCUT2D eigenvalue weighted by Crippen LogP contribution is 2.45. The van der Waals surface area contributed by atoms with Crippen LogP contribution in [0.3, 0.4) is 0 Å². The number of aliphatic hydroxyl groups is 3. The van der Waals surface area contributed by atoms with Crippen molar-refractivity contribution in [3.8, 4) is 0 Å². The molecule has 30 heavy (non-hydrogen) atoms. The fourth-order valence-corrected chi connectivity index (χ4v) is 4.73. The van der Waals surface area contributed by atoms with E-state index < -0.39 is 58.4 Å². The van der Waals surface area contributed by atoms with Gasteiger partial charge in [0, 0.05) is 11.5 Å². The Kier molecular flexibility index (Phi) is 9.06. The summed E-state index contributed by atoms with van der Waals surface area (Å²) in [5.74, 6) is -15.2. The standard InChI is InChI=1S/C22H31F5O3/c1-2-3-4-5-6-7-11-15(22(28,29)30)13-9-8-10-14(12-13)16-17(23)19(25)21(27)20(26)18(16)24/h13-15,28-30H,2-12H2,1H3. The second-order valence-corrected chi connectivity index (χ2v) is 8.46. The summed E-state index contributed by atoms with van der Waals surface area (Å²) in [7, 11) is 0. The molecule has 8 heteroatoms. The van der Waals surface area contributed by atoms with E-state index in [1.807, 2.05) is 0 Å². The second kappa shape index (κ2) is 10.9. The van der Waals surface area contributed by atoms with Gasteiger partial charge in [-0.15, -0.1) is 0 Å². The van der Waals surface area contributed by atoms with Crippen molar-refractivity contribution in [3.05, 3.63) is 34.6 Å². The van der Waals surface area contributed by atoms with E-state index >= 15 is 0 Å². The fourth-order valence-electron chi connectivity index (χ4n) is 4.73. The van der Waals surface area contributed by atoms with Crippen LogP contribution in [0.5, 0.6) is 0 Å². The van der Waals surface area contributed by atoms with Crippen molar-refractivity contribution >= 4 is 0 Å². The molecule has 1 aromatic carbocycles. The average Bonchev–Trinajstić information content (AvgIpc) is 2.69. The largest absolute Gasteiger partial charge is 0.343 e. The number of halogens is 5. The summed E-state index contributed by atoms with van der Waals surface area (Å²) >= 11 is 0. The molecular formula is C22H31F5O3. The predicted molar refractivity (Wildman–Crippen MR) is 102 cm³/mol. The van der Waals surface area contributed by atoms with Crippen molar-refractivity contribution in [1.82, 2.24) is 0 Å². The third-order valence-corrected chi connectivity index (χ3v) is 6.30. The van der Waals surface area contributed by atoms with Gasteiger partial charge in [0.15, 0.2) is 23.3 Å². The van der Waals surface area contributed by atoms with Crippen molar-refractivity contribution in [3.63, 3.8) is 0 Å². The van der Waals surface area contributed by atoms with E-state index in [0.29, 0.717) is 25.7 Å². The van der Waals surface area contributed by atoms with Crippen molar-refractivity contribution in [1.29, 1.82) is 0 Å². The molecular weight excluding hydrogens is 407 g/mol. The van der Waals surface area contributed by atoms with E-state index in [0.717, 1.165) is 32.1 Å². The third kappa shape index (κ3) is 5.92. The van der Waals surface area contributed by atoms with Crippen LogP contribution >= 0.6 is 0 Å². The molecule has 0 radical (unpaired) electrons. The van der Waals surface area contributed by atoms with Gasteiger partial charge >= 0.3 is 0 Å². The maximum atomic E-state index is 14.2. The lowest BCUT2D eigenvalue weighted by molar-refractivity contribution is -0.352. The van der Waals surface area contributed by atoms with Gasteiger partial charge in [0.2, 0.25) is 5.82 Å². The van der Waals surface area contributed by atoms with E-state index in [4.69, 9.17) is 0 Å². The van der Waals surface area contributed by atoms with Gasteiger partial charge in [-0.2, -0.15) is 0 Å². The monoisotopic (exact) mass is 438 g/mol. The Balaban J connectivity index is 2.15. The summed E-state index contributed by atoms with van der Waals surface area (Å²) in [5.41, 5.74) is -0.853. The lowest BCUT2D eigenvalue weighted by Gasteiger charge is -2.38. The molecule has 0 bridgehead atoms. The van der Waals surface area contributed by atoms with Gasteiger partial charge in [-0.3, -0.25) is 0 Å². The number of hydrogen-bond donors (Lipinski definition) is 3. The molecule has 0 spiro atoms. The maximum absolute atomic E-state index is 14.2. The normalized spacial score (nSPS) is 21.1. The minimum atomic E-state index is -2.97. The molecule has 3 unspecified atom stereocenters. The molecule has 172 valence electrons. The van der Waals surface area contributed by atoms with Crippen LogP contribution in [0, 0.1) is 40.9 Å². The van der Waals surface area contributed by atoms with Crippen LogP contribution in [0.15, 0.2) is 0 Å². The molecule has 0 aliphatic heterocycles. The van der Waals surface area contributed by atoms with Crippen molar-refractivity contribution in [2.45, 2.75) is 89.4 Å².